The standard InChI is InChI=1S/C12H12N2O3/c1-8-2-4-9(5-3-8)6-7-10-13-14-11(17-10)12(15)16/h2-5H,6-7H2,1H3,(H,15,16). The predicted octanol–water partition coefficient (Wildman–Crippen LogP) is 1.86. The van der Waals surface area contributed by atoms with Crippen molar-refractivity contribution in [3.05, 3.63) is 47.2 Å². The first-order valence-electron chi connectivity index (χ1n) is 5.26. The van der Waals surface area contributed by atoms with Gasteiger partial charge in [0.1, 0.15) is 0 Å². The third kappa shape index (κ3) is 2.90. The Labute approximate surface area is 98.1 Å². The van der Waals surface area contributed by atoms with Gasteiger partial charge in [0.2, 0.25) is 5.89 Å². The second-order valence-corrected chi connectivity index (χ2v) is 3.79. The minimum atomic E-state index is -1.20. The molecule has 17 heavy (non-hydrogen) atoms. The van der Waals surface area contributed by atoms with Gasteiger partial charge in [-0.2, -0.15) is 0 Å². The topological polar surface area (TPSA) is 76.2 Å². The van der Waals surface area contributed by atoms with Crippen LogP contribution in [0.25, 0.3) is 0 Å². The number of benzene rings is 1. The van der Waals surface area contributed by atoms with Gasteiger partial charge < -0.3 is 9.52 Å². The summed E-state index contributed by atoms with van der Waals surface area (Å²) in [6.07, 6.45) is 1.30. The smallest absolute Gasteiger partial charge is 0.393 e. The molecule has 1 N–H and O–H groups in total. The second-order valence-electron chi connectivity index (χ2n) is 3.79. The molecule has 5 heteroatoms. The molecule has 5 nitrogen and oxygen atoms in total. The highest BCUT2D eigenvalue weighted by atomic mass is 16.4. The predicted molar refractivity (Wildman–Crippen MR) is 59.8 cm³/mol. The Morgan fingerprint density at radius 3 is 2.53 bits per heavy atom. The summed E-state index contributed by atoms with van der Waals surface area (Å²) in [4.78, 5) is 10.5. The normalized spacial score (nSPS) is 10.4. The number of nitrogens with zero attached hydrogens (tertiary/aromatic N) is 2. The Morgan fingerprint density at radius 1 is 1.24 bits per heavy atom. The average Bonchev–Trinajstić information content (AvgIpc) is 2.77. The van der Waals surface area contributed by atoms with Gasteiger partial charge in [-0.25, -0.2) is 4.79 Å². The van der Waals surface area contributed by atoms with Crippen LogP contribution in [0.2, 0.25) is 0 Å². The maximum absolute atomic E-state index is 10.5. The van der Waals surface area contributed by atoms with Gasteiger partial charge in [0.05, 0.1) is 0 Å². The first kappa shape index (κ1) is 11.3. The highest BCUT2D eigenvalue weighted by Gasteiger charge is 2.12. The number of carboxylic acids is 1. The molecule has 88 valence electrons. The third-order valence-electron chi connectivity index (χ3n) is 2.40. The van der Waals surface area contributed by atoms with E-state index in [0.717, 1.165) is 12.0 Å². The summed E-state index contributed by atoms with van der Waals surface area (Å²) in [5, 5.41) is 15.7. The molecular weight excluding hydrogens is 220 g/mol. The summed E-state index contributed by atoms with van der Waals surface area (Å²) in [5.74, 6) is -1.20. The van der Waals surface area contributed by atoms with Crippen molar-refractivity contribution in [3.63, 3.8) is 0 Å². The molecule has 1 aromatic heterocycles. The molecule has 0 atom stereocenters. The minimum Gasteiger partial charge on any atom is -0.474 e. The van der Waals surface area contributed by atoms with Crippen LogP contribution in [0.3, 0.4) is 0 Å². The van der Waals surface area contributed by atoms with Crippen molar-refractivity contribution in [1.29, 1.82) is 0 Å². The molecule has 0 saturated carbocycles. The first-order valence-corrected chi connectivity index (χ1v) is 5.26. The van der Waals surface area contributed by atoms with E-state index in [1.54, 1.807) is 0 Å². The summed E-state index contributed by atoms with van der Waals surface area (Å²) >= 11 is 0. The quantitative estimate of drug-likeness (QED) is 0.870. The Balaban J connectivity index is 1.97. The highest BCUT2D eigenvalue weighted by molar-refractivity contribution is 5.81. The molecule has 0 spiro atoms. The minimum absolute atomic E-state index is 0.350. The Kier molecular flexibility index (Phi) is 3.18. The molecule has 0 radical (unpaired) electrons. The van der Waals surface area contributed by atoms with Crippen LogP contribution < -0.4 is 0 Å². The van der Waals surface area contributed by atoms with Gasteiger partial charge in [0.25, 0.3) is 0 Å². The van der Waals surface area contributed by atoms with Crippen LogP contribution in [0, 0.1) is 6.92 Å². The van der Waals surface area contributed by atoms with Crippen LogP contribution >= 0.6 is 0 Å². The summed E-state index contributed by atoms with van der Waals surface area (Å²) < 4.78 is 4.97. The van der Waals surface area contributed by atoms with E-state index in [1.807, 2.05) is 31.2 Å². The number of aromatic nitrogens is 2. The molecule has 1 aromatic carbocycles. The summed E-state index contributed by atoms with van der Waals surface area (Å²) in [6.45, 7) is 2.03. The molecule has 0 aliphatic carbocycles. The van der Waals surface area contributed by atoms with E-state index < -0.39 is 5.97 Å². The number of carboxylic acid groups (broad SMARTS) is 1. The van der Waals surface area contributed by atoms with Gasteiger partial charge in [0.15, 0.2) is 0 Å². The fourth-order valence-corrected chi connectivity index (χ4v) is 1.45. The summed E-state index contributed by atoms with van der Waals surface area (Å²) in [6, 6.07) is 8.13. The molecule has 0 aliphatic rings. The highest BCUT2D eigenvalue weighted by Crippen LogP contribution is 2.08. The fourth-order valence-electron chi connectivity index (χ4n) is 1.45. The molecule has 0 unspecified atom stereocenters. The van der Waals surface area contributed by atoms with Crippen molar-refractivity contribution < 1.29 is 14.3 Å². The zero-order valence-corrected chi connectivity index (χ0v) is 9.38. The number of aromatic carboxylic acids is 1. The van der Waals surface area contributed by atoms with Crippen LogP contribution in [-0.2, 0) is 12.8 Å². The summed E-state index contributed by atoms with van der Waals surface area (Å²) in [5.41, 5.74) is 2.37. The Hall–Kier alpha value is -2.17. The van der Waals surface area contributed by atoms with E-state index in [1.165, 1.54) is 5.56 Å². The largest absolute Gasteiger partial charge is 0.474 e. The van der Waals surface area contributed by atoms with E-state index in [0.29, 0.717) is 12.3 Å². The van der Waals surface area contributed by atoms with Crippen LogP contribution in [-0.4, -0.2) is 21.3 Å². The van der Waals surface area contributed by atoms with Gasteiger partial charge in [-0.05, 0) is 18.9 Å². The molecule has 0 bridgehead atoms. The lowest BCUT2D eigenvalue weighted by Crippen LogP contribution is -1.95. The van der Waals surface area contributed by atoms with Gasteiger partial charge in [-0.3, -0.25) is 0 Å². The number of carbonyl (C=O) groups is 1. The molecule has 0 saturated heterocycles. The lowest BCUT2D eigenvalue weighted by Gasteiger charge is -1.98. The van der Waals surface area contributed by atoms with Crippen molar-refractivity contribution in [2.75, 3.05) is 0 Å². The number of rotatable bonds is 4. The maximum Gasteiger partial charge on any atom is 0.393 e. The van der Waals surface area contributed by atoms with E-state index in [9.17, 15) is 4.79 Å². The molecule has 1 heterocycles. The molecule has 2 aromatic rings. The average molecular weight is 232 g/mol. The van der Waals surface area contributed by atoms with Gasteiger partial charge in [-0.1, -0.05) is 29.8 Å². The van der Waals surface area contributed by atoms with Crippen molar-refractivity contribution in [2.24, 2.45) is 0 Å². The van der Waals surface area contributed by atoms with Gasteiger partial charge in [0, 0.05) is 6.42 Å². The number of hydrogen-bond donors (Lipinski definition) is 1. The van der Waals surface area contributed by atoms with Crippen molar-refractivity contribution in [2.45, 2.75) is 19.8 Å². The zero-order chi connectivity index (χ0) is 12.3. The van der Waals surface area contributed by atoms with Crippen molar-refractivity contribution in [1.82, 2.24) is 10.2 Å². The first-order chi connectivity index (χ1) is 8.15. The van der Waals surface area contributed by atoms with Gasteiger partial charge in [-0.15, -0.1) is 10.2 Å². The van der Waals surface area contributed by atoms with E-state index >= 15 is 0 Å². The van der Waals surface area contributed by atoms with Crippen LogP contribution in [0.15, 0.2) is 28.7 Å². The van der Waals surface area contributed by atoms with Crippen LogP contribution in [0.4, 0.5) is 0 Å². The monoisotopic (exact) mass is 232 g/mol. The fraction of sp³-hybridized carbons (Fsp3) is 0.250. The molecule has 2 rings (SSSR count). The van der Waals surface area contributed by atoms with Crippen LogP contribution in [0.1, 0.15) is 27.7 Å². The molecule has 0 fully saturated rings. The zero-order valence-electron chi connectivity index (χ0n) is 9.38. The SMILES string of the molecule is Cc1ccc(CCc2nnc(C(=O)O)o2)cc1. The van der Waals surface area contributed by atoms with E-state index in [2.05, 4.69) is 10.2 Å². The lowest BCUT2D eigenvalue weighted by molar-refractivity contribution is 0.0651. The van der Waals surface area contributed by atoms with Gasteiger partial charge >= 0.3 is 11.9 Å². The third-order valence-corrected chi connectivity index (χ3v) is 2.40. The van der Waals surface area contributed by atoms with E-state index in [4.69, 9.17) is 9.52 Å². The van der Waals surface area contributed by atoms with Crippen molar-refractivity contribution >= 4 is 5.97 Å². The maximum atomic E-state index is 10.5. The molecular formula is C12H12N2O3. The Bertz CT molecular complexity index is 517. The lowest BCUT2D eigenvalue weighted by atomic mass is 10.1. The Morgan fingerprint density at radius 2 is 1.94 bits per heavy atom. The number of hydrogen-bond acceptors (Lipinski definition) is 4. The summed E-state index contributed by atoms with van der Waals surface area (Å²) in [7, 11) is 0. The van der Waals surface area contributed by atoms with Crippen molar-refractivity contribution in [3.8, 4) is 0 Å². The molecule has 0 aliphatic heterocycles. The number of aryl methyl sites for hydroxylation is 3. The molecule has 0 amide bonds. The van der Waals surface area contributed by atoms with E-state index in [-0.39, 0.29) is 5.89 Å². The van der Waals surface area contributed by atoms with Crippen LogP contribution in [0.5, 0.6) is 0 Å². The second kappa shape index (κ2) is 4.78.